The summed E-state index contributed by atoms with van der Waals surface area (Å²) in [6, 6.07) is 18.1. The van der Waals surface area contributed by atoms with Crippen molar-refractivity contribution < 1.29 is 14.3 Å². The van der Waals surface area contributed by atoms with Crippen LogP contribution >= 0.6 is 0 Å². The lowest BCUT2D eigenvalue weighted by Crippen LogP contribution is -2.48. The topological polar surface area (TPSA) is 72.2 Å². The average Bonchev–Trinajstić information content (AvgIpc) is 3.55. The Kier molecular flexibility index (Phi) is 5.81. The third kappa shape index (κ3) is 4.18. The van der Waals surface area contributed by atoms with Crippen molar-refractivity contribution >= 4 is 11.6 Å². The van der Waals surface area contributed by atoms with Gasteiger partial charge in [-0.15, -0.1) is 0 Å². The van der Waals surface area contributed by atoms with Crippen molar-refractivity contribution in [3.05, 3.63) is 77.6 Å². The average molecular weight is 484 g/mol. The molecule has 184 valence electrons. The van der Waals surface area contributed by atoms with Crippen molar-refractivity contribution in [3.63, 3.8) is 0 Å². The number of rotatable bonds is 5. The van der Waals surface area contributed by atoms with Gasteiger partial charge in [-0.25, -0.2) is 9.50 Å². The van der Waals surface area contributed by atoms with Gasteiger partial charge in [0.25, 0.3) is 5.91 Å². The van der Waals surface area contributed by atoms with Crippen LogP contribution in [0.4, 0.5) is 0 Å². The van der Waals surface area contributed by atoms with Crippen LogP contribution in [0.5, 0.6) is 11.5 Å². The zero-order valence-electron chi connectivity index (χ0n) is 20.6. The monoisotopic (exact) mass is 483 g/mol. The molecule has 2 aromatic heterocycles. The first kappa shape index (κ1) is 22.5. The summed E-state index contributed by atoms with van der Waals surface area (Å²) in [7, 11) is 0. The third-order valence-corrected chi connectivity index (χ3v) is 6.87. The van der Waals surface area contributed by atoms with Crippen molar-refractivity contribution in [2.75, 3.05) is 33.0 Å². The first-order chi connectivity index (χ1) is 17.6. The molecule has 2 aromatic carbocycles. The Balaban J connectivity index is 1.19. The number of fused-ring (bicyclic) bond motifs is 2. The fourth-order valence-corrected chi connectivity index (χ4v) is 5.00. The maximum atomic E-state index is 13.6. The van der Waals surface area contributed by atoms with Gasteiger partial charge < -0.3 is 14.4 Å². The van der Waals surface area contributed by atoms with Gasteiger partial charge in [0.05, 0.1) is 17.0 Å². The van der Waals surface area contributed by atoms with Crippen molar-refractivity contribution in [3.8, 4) is 22.8 Å². The minimum absolute atomic E-state index is 0.0209. The second-order valence-electron chi connectivity index (χ2n) is 9.63. The van der Waals surface area contributed by atoms with Crippen LogP contribution in [0, 0.1) is 0 Å². The standard InChI is InChI=1S/C28H29N5O3/c1-19(2)27-22(16-29-26-15-23(30-33(26)27)21-6-4-3-5-7-21)28(34)32-12-10-31(11-13-32)17-20-8-9-24-25(14-20)36-18-35-24/h3-9,14-16,19H,10-13,17-18H2,1-2H3. The molecule has 0 bridgehead atoms. The molecule has 8 heteroatoms. The van der Waals surface area contributed by atoms with Crippen LogP contribution in [0.15, 0.2) is 60.8 Å². The van der Waals surface area contributed by atoms with Crippen LogP contribution in [0.2, 0.25) is 0 Å². The summed E-state index contributed by atoms with van der Waals surface area (Å²) in [5, 5.41) is 4.83. The van der Waals surface area contributed by atoms with E-state index < -0.39 is 0 Å². The molecule has 0 spiro atoms. The number of hydrogen-bond donors (Lipinski definition) is 0. The third-order valence-electron chi connectivity index (χ3n) is 6.87. The zero-order valence-corrected chi connectivity index (χ0v) is 20.6. The van der Waals surface area contributed by atoms with E-state index in [1.54, 1.807) is 6.20 Å². The van der Waals surface area contributed by atoms with Gasteiger partial charge in [0, 0.05) is 50.6 Å². The summed E-state index contributed by atoms with van der Waals surface area (Å²) in [6.07, 6.45) is 1.72. The molecular weight excluding hydrogens is 454 g/mol. The Labute approximate surface area is 210 Å². The van der Waals surface area contributed by atoms with Crippen molar-refractivity contribution in [2.45, 2.75) is 26.3 Å². The summed E-state index contributed by atoms with van der Waals surface area (Å²) < 4.78 is 12.8. The number of carbonyl (C=O) groups is 1. The summed E-state index contributed by atoms with van der Waals surface area (Å²) in [5.74, 6) is 1.74. The molecule has 2 aliphatic rings. The number of nitrogens with zero attached hydrogens (tertiary/aromatic N) is 5. The molecule has 1 amide bonds. The highest BCUT2D eigenvalue weighted by molar-refractivity contribution is 5.95. The molecule has 8 nitrogen and oxygen atoms in total. The number of hydrogen-bond acceptors (Lipinski definition) is 6. The van der Waals surface area contributed by atoms with Crippen LogP contribution in [0.25, 0.3) is 16.9 Å². The zero-order chi connectivity index (χ0) is 24.6. The highest BCUT2D eigenvalue weighted by Crippen LogP contribution is 2.33. The van der Waals surface area contributed by atoms with Gasteiger partial charge in [0.15, 0.2) is 17.1 Å². The smallest absolute Gasteiger partial charge is 0.257 e. The first-order valence-electron chi connectivity index (χ1n) is 12.4. The van der Waals surface area contributed by atoms with Gasteiger partial charge in [0.1, 0.15) is 0 Å². The highest BCUT2D eigenvalue weighted by Gasteiger charge is 2.27. The molecule has 0 N–H and O–H groups in total. The Morgan fingerprint density at radius 3 is 2.53 bits per heavy atom. The van der Waals surface area contributed by atoms with Crippen molar-refractivity contribution in [1.29, 1.82) is 0 Å². The maximum absolute atomic E-state index is 13.6. The second-order valence-corrected chi connectivity index (χ2v) is 9.63. The number of amides is 1. The van der Waals surface area contributed by atoms with Crippen molar-refractivity contribution in [2.24, 2.45) is 0 Å². The Bertz CT molecular complexity index is 1410. The number of carbonyl (C=O) groups excluding carboxylic acids is 1. The number of aromatic nitrogens is 3. The van der Waals surface area contributed by atoms with Gasteiger partial charge in [-0.3, -0.25) is 9.69 Å². The minimum atomic E-state index is 0.0209. The molecule has 1 fully saturated rings. The molecular formula is C28H29N5O3. The van der Waals surface area contributed by atoms with Crippen LogP contribution in [0.3, 0.4) is 0 Å². The molecule has 0 radical (unpaired) electrons. The maximum Gasteiger partial charge on any atom is 0.257 e. The molecule has 0 unspecified atom stereocenters. The minimum Gasteiger partial charge on any atom is -0.454 e. The lowest BCUT2D eigenvalue weighted by atomic mass is 10.0. The summed E-state index contributed by atoms with van der Waals surface area (Å²) in [6.45, 7) is 8.27. The predicted molar refractivity (Wildman–Crippen MR) is 136 cm³/mol. The second kappa shape index (κ2) is 9.28. The van der Waals surface area contributed by atoms with Crippen LogP contribution in [0.1, 0.15) is 41.4 Å². The van der Waals surface area contributed by atoms with Gasteiger partial charge in [-0.05, 0) is 23.6 Å². The first-order valence-corrected chi connectivity index (χ1v) is 12.4. The summed E-state index contributed by atoms with van der Waals surface area (Å²) >= 11 is 0. The van der Waals surface area contributed by atoms with E-state index in [-0.39, 0.29) is 18.6 Å². The molecule has 0 saturated carbocycles. The van der Waals surface area contributed by atoms with Gasteiger partial charge in [-0.2, -0.15) is 5.10 Å². The normalized spacial score (nSPS) is 15.7. The van der Waals surface area contributed by atoms with Crippen molar-refractivity contribution in [1.82, 2.24) is 24.4 Å². The molecule has 6 rings (SSSR count). The quantitative estimate of drug-likeness (QED) is 0.424. The Morgan fingerprint density at radius 1 is 0.972 bits per heavy atom. The number of ether oxygens (including phenoxy) is 2. The van der Waals surface area contributed by atoms with E-state index in [0.717, 1.165) is 53.7 Å². The Hall–Kier alpha value is -3.91. The van der Waals surface area contributed by atoms with Crippen LogP contribution < -0.4 is 9.47 Å². The van der Waals surface area contributed by atoms with Gasteiger partial charge >= 0.3 is 0 Å². The van der Waals surface area contributed by atoms with E-state index in [4.69, 9.17) is 14.6 Å². The van der Waals surface area contributed by atoms with Gasteiger partial charge in [-0.1, -0.05) is 50.2 Å². The van der Waals surface area contributed by atoms with E-state index >= 15 is 0 Å². The van der Waals surface area contributed by atoms with Crippen LogP contribution in [-0.2, 0) is 6.54 Å². The molecule has 4 aromatic rings. The highest BCUT2D eigenvalue weighted by atomic mass is 16.7. The summed E-state index contributed by atoms with van der Waals surface area (Å²) in [4.78, 5) is 22.5. The largest absolute Gasteiger partial charge is 0.454 e. The molecule has 0 atom stereocenters. The van der Waals surface area contributed by atoms with Crippen LogP contribution in [-0.4, -0.2) is 63.3 Å². The lowest BCUT2D eigenvalue weighted by Gasteiger charge is -2.35. The molecule has 0 aliphatic carbocycles. The molecule has 1 saturated heterocycles. The van der Waals surface area contributed by atoms with E-state index in [1.165, 1.54) is 5.56 Å². The fraction of sp³-hybridized carbons (Fsp3) is 0.321. The van der Waals surface area contributed by atoms with Gasteiger partial charge in [0.2, 0.25) is 6.79 Å². The van der Waals surface area contributed by atoms with E-state index in [1.807, 2.05) is 57.9 Å². The predicted octanol–water partition coefficient (Wildman–Crippen LogP) is 4.21. The lowest BCUT2D eigenvalue weighted by molar-refractivity contribution is 0.0625. The fourth-order valence-electron chi connectivity index (χ4n) is 5.00. The van der Waals surface area contributed by atoms with E-state index in [9.17, 15) is 4.79 Å². The SMILES string of the molecule is CC(C)c1c(C(=O)N2CCN(Cc3ccc4c(c3)OCO4)CC2)cnc2cc(-c3ccccc3)nn12. The Morgan fingerprint density at radius 2 is 1.75 bits per heavy atom. The molecule has 36 heavy (non-hydrogen) atoms. The van der Waals surface area contributed by atoms with E-state index in [2.05, 4.69) is 29.8 Å². The number of piperazine rings is 1. The molecule has 4 heterocycles. The molecule has 2 aliphatic heterocycles. The number of benzene rings is 2. The summed E-state index contributed by atoms with van der Waals surface area (Å²) in [5.41, 5.74) is 5.35. The van der Waals surface area contributed by atoms with E-state index in [0.29, 0.717) is 18.7 Å².